The predicted molar refractivity (Wildman–Crippen MR) is 153 cm³/mol. The Hall–Kier alpha value is -5.39. The van der Waals surface area contributed by atoms with Gasteiger partial charge >= 0.3 is 11.9 Å². The molecule has 12 nitrogen and oxygen atoms in total. The van der Waals surface area contributed by atoms with Gasteiger partial charge in [0, 0.05) is 23.3 Å². The van der Waals surface area contributed by atoms with Crippen LogP contribution in [-0.2, 0) is 40.2 Å². The molecule has 0 aliphatic heterocycles. The van der Waals surface area contributed by atoms with Crippen molar-refractivity contribution in [2.24, 2.45) is 16.8 Å². The molecule has 0 heterocycles. The van der Waals surface area contributed by atoms with Crippen molar-refractivity contribution in [3.05, 3.63) is 99.5 Å². The standard InChI is InChI=1S/C30H29N5O7/c31-30(32)33-24-10-7-20(8-11-24)29(40)42-25-12-9-21-14-23(6-5-22(21)15-25)28(39)35(17-27(37)38)16-19-3-1-18(2-4-19)13-26(36)34-41/h1-4,7-12,15,23H,5-6,13-14,16-17H2,(H,37,38)(H4,31,32,33). The van der Waals surface area contributed by atoms with Crippen LogP contribution in [0.4, 0.5) is 5.69 Å². The summed E-state index contributed by atoms with van der Waals surface area (Å²) in [6.45, 7) is -0.381. The topological polar surface area (TPSA) is 192 Å². The predicted octanol–water partition coefficient (Wildman–Crippen LogP) is 3.26. The molecule has 0 aromatic heterocycles. The lowest BCUT2D eigenvalue weighted by Crippen LogP contribution is -2.41. The van der Waals surface area contributed by atoms with E-state index >= 15 is 0 Å². The second kappa shape index (κ2) is 13.3. The molecule has 0 saturated carbocycles. The Morgan fingerprint density at radius 2 is 1.69 bits per heavy atom. The van der Waals surface area contributed by atoms with Gasteiger partial charge in [0.2, 0.25) is 5.91 Å². The van der Waals surface area contributed by atoms with Gasteiger partial charge in [-0.25, -0.2) is 4.79 Å². The Morgan fingerprint density at radius 3 is 2.33 bits per heavy atom. The van der Waals surface area contributed by atoms with E-state index in [4.69, 9.17) is 15.9 Å². The minimum Gasteiger partial charge on any atom is -0.480 e. The van der Waals surface area contributed by atoms with Gasteiger partial charge in [0.05, 0.1) is 12.0 Å². The number of guanidine groups is 1. The molecule has 1 aliphatic carbocycles. The zero-order valence-electron chi connectivity index (χ0n) is 22.5. The van der Waals surface area contributed by atoms with Crippen molar-refractivity contribution in [2.45, 2.75) is 32.2 Å². The molecule has 3 aromatic rings. The molecule has 0 spiro atoms. The Labute approximate surface area is 241 Å². The number of nitrogens with one attached hydrogen (secondary N) is 2. The molecule has 3 aromatic carbocycles. The largest absolute Gasteiger partial charge is 0.480 e. The molecule has 42 heavy (non-hydrogen) atoms. The van der Waals surface area contributed by atoms with Crippen molar-refractivity contribution < 1.29 is 29.0 Å². The second-order valence-corrected chi connectivity index (χ2v) is 9.94. The number of ether oxygens (including phenoxy) is 1. The fourth-order valence-corrected chi connectivity index (χ4v) is 4.84. The zero-order valence-corrected chi connectivity index (χ0v) is 22.5. The number of nitroso groups, excluding NO2 is 1. The van der Waals surface area contributed by atoms with Crippen molar-refractivity contribution in [3.63, 3.8) is 0 Å². The fraction of sp³-hybridized carbons (Fsp3) is 0.233. The van der Waals surface area contributed by atoms with Crippen LogP contribution in [-0.4, -0.2) is 46.3 Å². The number of carboxylic acid groups (broad SMARTS) is 1. The highest BCUT2D eigenvalue weighted by Gasteiger charge is 2.30. The molecule has 5 N–H and O–H groups in total. The third-order valence-corrected chi connectivity index (χ3v) is 6.86. The van der Waals surface area contributed by atoms with Crippen LogP contribution in [0.25, 0.3) is 0 Å². The molecule has 2 amide bonds. The van der Waals surface area contributed by atoms with Gasteiger partial charge in [-0.3, -0.25) is 19.8 Å². The number of benzene rings is 3. The van der Waals surface area contributed by atoms with E-state index in [2.05, 4.69) is 10.5 Å². The minimum absolute atomic E-state index is 0.0787. The van der Waals surface area contributed by atoms with Gasteiger partial charge in [-0.05, 0) is 77.9 Å². The lowest BCUT2D eigenvalue weighted by Gasteiger charge is -2.30. The molecule has 0 fully saturated rings. The Balaban J connectivity index is 1.39. The number of anilines is 1. The smallest absolute Gasteiger partial charge is 0.343 e. The van der Waals surface area contributed by atoms with Crippen LogP contribution in [0.1, 0.15) is 39.0 Å². The maximum Gasteiger partial charge on any atom is 0.343 e. The SMILES string of the molecule is N=C(N)Nc1ccc(C(=O)Oc2ccc3c(c2)CCC(C(=O)N(CC(=O)O)Cc2ccc(CC(=O)N=O)cc2)C3)cc1. The van der Waals surface area contributed by atoms with E-state index in [1.807, 2.05) is 6.07 Å². The van der Waals surface area contributed by atoms with Gasteiger partial charge in [0.1, 0.15) is 12.3 Å². The summed E-state index contributed by atoms with van der Waals surface area (Å²) in [7, 11) is 0. The summed E-state index contributed by atoms with van der Waals surface area (Å²) in [6, 6.07) is 18.3. The van der Waals surface area contributed by atoms with E-state index in [9.17, 15) is 29.2 Å². The van der Waals surface area contributed by atoms with Crippen LogP contribution in [0, 0.1) is 16.2 Å². The van der Waals surface area contributed by atoms with Crippen LogP contribution in [0.15, 0.2) is 71.9 Å². The molecular weight excluding hydrogens is 542 g/mol. The number of nitrogens with two attached hydrogens (primary N) is 1. The van der Waals surface area contributed by atoms with Gasteiger partial charge in [-0.15, -0.1) is 4.91 Å². The third kappa shape index (κ3) is 7.84. The van der Waals surface area contributed by atoms with E-state index in [1.54, 1.807) is 60.7 Å². The maximum atomic E-state index is 13.4. The number of rotatable bonds is 10. The minimum atomic E-state index is -1.13. The number of esters is 1. The molecule has 12 heteroatoms. The summed E-state index contributed by atoms with van der Waals surface area (Å²) < 4.78 is 5.54. The number of nitrogens with zero attached hydrogens (tertiary/aromatic N) is 2. The molecule has 1 aliphatic rings. The Morgan fingerprint density at radius 1 is 1.00 bits per heavy atom. The van der Waals surface area contributed by atoms with Gasteiger partial charge in [0.25, 0.3) is 5.91 Å². The van der Waals surface area contributed by atoms with Gasteiger partial charge in [-0.2, -0.15) is 0 Å². The van der Waals surface area contributed by atoms with E-state index in [0.717, 1.165) is 11.1 Å². The summed E-state index contributed by atoms with van der Waals surface area (Å²) in [5.41, 5.74) is 9.35. The first-order valence-electron chi connectivity index (χ1n) is 13.1. The molecule has 0 bridgehead atoms. The van der Waals surface area contributed by atoms with Crippen molar-refractivity contribution in [3.8, 4) is 5.75 Å². The fourth-order valence-electron chi connectivity index (χ4n) is 4.84. The highest BCUT2D eigenvalue weighted by molar-refractivity contribution is 5.93. The molecule has 0 saturated heterocycles. The van der Waals surface area contributed by atoms with Crippen LogP contribution in [0.2, 0.25) is 0 Å². The monoisotopic (exact) mass is 571 g/mol. The molecule has 1 unspecified atom stereocenters. The number of carbonyl (C=O) groups is 4. The van der Waals surface area contributed by atoms with E-state index in [0.29, 0.717) is 47.4 Å². The van der Waals surface area contributed by atoms with E-state index < -0.39 is 30.3 Å². The normalized spacial score (nSPS) is 13.8. The van der Waals surface area contributed by atoms with Crippen LogP contribution >= 0.6 is 0 Å². The number of carbonyl (C=O) groups excluding carboxylic acids is 3. The quantitative estimate of drug-likeness (QED) is 0.0929. The summed E-state index contributed by atoms with van der Waals surface area (Å²) in [6.07, 6.45) is 1.35. The van der Waals surface area contributed by atoms with Crippen LogP contribution < -0.4 is 15.8 Å². The van der Waals surface area contributed by atoms with E-state index in [1.165, 1.54) is 4.90 Å². The molecule has 0 radical (unpaired) electrons. The number of amides is 2. The summed E-state index contributed by atoms with van der Waals surface area (Å²) >= 11 is 0. The van der Waals surface area contributed by atoms with Gasteiger partial charge in [-0.1, -0.05) is 30.3 Å². The maximum absolute atomic E-state index is 13.4. The average molecular weight is 572 g/mol. The summed E-state index contributed by atoms with van der Waals surface area (Å²) in [5, 5.41) is 21.7. The first kappa shape index (κ1) is 29.6. The highest BCUT2D eigenvalue weighted by Crippen LogP contribution is 2.30. The third-order valence-electron chi connectivity index (χ3n) is 6.86. The molecule has 4 rings (SSSR count). The Bertz CT molecular complexity index is 1520. The van der Waals surface area contributed by atoms with Gasteiger partial charge < -0.3 is 25.8 Å². The van der Waals surface area contributed by atoms with Crippen LogP contribution in [0.5, 0.6) is 5.75 Å². The molecular formula is C30H29N5O7. The first-order chi connectivity index (χ1) is 20.1. The van der Waals surface area contributed by atoms with Crippen molar-refractivity contribution >= 4 is 35.4 Å². The number of hydrogen-bond donors (Lipinski definition) is 4. The zero-order chi connectivity index (χ0) is 30.2. The number of hydrogen-bond acceptors (Lipinski definition) is 7. The summed E-state index contributed by atoms with van der Waals surface area (Å²) in [4.78, 5) is 60.5. The lowest BCUT2D eigenvalue weighted by atomic mass is 9.83. The Kier molecular flexibility index (Phi) is 9.38. The van der Waals surface area contributed by atoms with Crippen molar-refractivity contribution in [2.75, 3.05) is 11.9 Å². The number of fused-ring (bicyclic) bond motifs is 1. The number of aryl methyl sites for hydroxylation is 1. The van der Waals surface area contributed by atoms with Crippen molar-refractivity contribution in [1.29, 1.82) is 5.41 Å². The average Bonchev–Trinajstić information content (AvgIpc) is 2.97. The highest BCUT2D eigenvalue weighted by atomic mass is 16.5. The van der Waals surface area contributed by atoms with E-state index in [-0.39, 0.29) is 24.8 Å². The molecule has 216 valence electrons. The van der Waals surface area contributed by atoms with Crippen LogP contribution in [0.3, 0.4) is 0 Å². The first-order valence-corrected chi connectivity index (χ1v) is 13.1. The lowest BCUT2D eigenvalue weighted by molar-refractivity contribution is -0.147. The van der Waals surface area contributed by atoms with Crippen molar-refractivity contribution in [1.82, 2.24) is 4.90 Å². The second-order valence-electron chi connectivity index (χ2n) is 9.94. The molecule has 1 atom stereocenters. The van der Waals surface area contributed by atoms with Gasteiger partial charge in [0.15, 0.2) is 5.96 Å². The number of aliphatic carboxylic acids is 1. The number of carboxylic acids is 1. The summed E-state index contributed by atoms with van der Waals surface area (Å²) in [5.74, 6) is -2.99.